The number of fused-ring (bicyclic) bond motifs is 1. The maximum atomic E-state index is 10.4. The summed E-state index contributed by atoms with van der Waals surface area (Å²) in [5.41, 5.74) is 2.85. The normalized spacial score (nSPS) is 16.4. The lowest BCUT2D eigenvalue weighted by Crippen LogP contribution is -2.30. The zero-order chi connectivity index (χ0) is 18.0. The van der Waals surface area contributed by atoms with Crippen molar-refractivity contribution in [3.63, 3.8) is 0 Å². The van der Waals surface area contributed by atoms with Crippen LogP contribution in [0.5, 0.6) is 17.2 Å². The van der Waals surface area contributed by atoms with Crippen LogP contribution in [0.1, 0.15) is 36.6 Å². The molecule has 1 aliphatic rings. The van der Waals surface area contributed by atoms with Crippen molar-refractivity contribution in [2.75, 3.05) is 19.8 Å². The molecule has 0 radical (unpaired) electrons. The average Bonchev–Trinajstić information content (AvgIpc) is 2.58. The van der Waals surface area contributed by atoms with Crippen LogP contribution in [-0.2, 0) is 6.42 Å². The first-order chi connectivity index (χ1) is 12.0. The predicted octanol–water partition coefficient (Wildman–Crippen LogP) is 4.73. The van der Waals surface area contributed by atoms with Crippen LogP contribution in [0, 0.1) is 0 Å². The van der Waals surface area contributed by atoms with Crippen molar-refractivity contribution in [2.24, 2.45) is 0 Å². The number of phenolic OH excluding ortho intramolecular Hbond substituents is 1. The predicted molar refractivity (Wildman–Crippen MR) is 100 cm³/mol. The van der Waals surface area contributed by atoms with Crippen LogP contribution in [0.25, 0.3) is 0 Å². The molecule has 2 aromatic rings. The molecule has 0 bridgehead atoms. The van der Waals surface area contributed by atoms with Crippen molar-refractivity contribution in [3.05, 3.63) is 51.0 Å². The van der Waals surface area contributed by atoms with Gasteiger partial charge in [0.25, 0.3) is 0 Å². The van der Waals surface area contributed by atoms with E-state index >= 15 is 0 Å². The van der Waals surface area contributed by atoms with Crippen molar-refractivity contribution in [3.8, 4) is 17.2 Å². The van der Waals surface area contributed by atoms with Crippen LogP contribution >= 0.6 is 23.2 Å². The van der Waals surface area contributed by atoms with Gasteiger partial charge in [0.05, 0.1) is 24.3 Å². The summed E-state index contributed by atoms with van der Waals surface area (Å²) in [5.74, 6) is 1.49. The SMILES string of the molecule is CCOc1cc2c(cc1OCC)[C@@H](c1cc(Cl)cc(Cl)c1O)NCC2. The van der Waals surface area contributed by atoms with Gasteiger partial charge in [-0.15, -0.1) is 0 Å². The number of halogens is 2. The second-order valence-corrected chi connectivity index (χ2v) is 6.67. The zero-order valence-electron chi connectivity index (χ0n) is 14.2. The van der Waals surface area contributed by atoms with Crippen molar-refractivity contribution >= 4 is 23.2 Å². The molecule has 0 aromatic heterocycles. The molecule has 0 aliphatic carbocycles. The molecule has 0 spiro atoms. The summed E-state index contributed by atoms with van der Waals surface area (Å²) in [6, 6.07) is 7.08. The monoisotopic (exact) mass is 381 g/mol. The fourth-order valence-corrected chi connectivity index (χ4v) is 3.69. The largest absolute Gasteiger partial charge is 0.506 e. The fraction of sp³-hybridized carbons (Fsp3) is 0.368. The molecule has 0 saturated carbocycles. The molecule has 0 amide bonds. The Kier molecular flexibility index (Phi) is 5.62. The van der Waals surface area contributed by atoms with Gasteiger partial charge in [0.2, 0.25) is 0 Å². The fourth-order valence-electron chi connectivity index (χ4n) is 3.18. The van der Waals surface area contributed by atoms with E-state index in [0.717, 1.165) is 29.8 Å². The molecule has 0 saturated heterocycles. The summed E-state index contributed by atoms with van der Waals surface area (Å²) in [7, 11) is 0. The number of benzene rings is 2. The highest BCUT2D eigenvalue weighted by atomic mass is 35.5. The molecule has 1 heterocycles. The highest BCUT2D eigenvalue weighted by Gasteiger charge is 2.27. The van der Waals surface area contributed by atoms with E-state index in [1.165, 1.54) is 6.07 Å². The van der Waals surface area contributed by atoms with Gasteiger partial charge in [-0.05, 0) is 55.7 Å². The molecule has 1 aliphatic heterocycles. The van der Waals surface area contributed by atoms with E-state index in [9.17, 15) is 5.11 Å². The Bertz CT molecular complexity index is 780. The summed E-state index contributed by atoms with van der Waals surface area (Å²) in [4.78, 5) is 0. The first-order valence-corrected chi connectivity index (χ1v) is 9.14. The highest BCUT2D eigenvalue weighted by Crippen LogP contribution is 2.42. The number of hydrogen-bond acceptors (Lipinski definition) is 4. The van der Waals surface area contributed by atoms with Crippen molar-refractivity contribution in [1.29, 1.82) is 0 Å². The second-order valence-electron chi connectivity index (χ2n) is 5.83. The Morgan fingerprint density at radius 3 is 2.40 bits per heavy atom. The summed E-state index contributed by atoms with van der Waals surface area (Å²) in [6.45, 7) is 5.79. The zero-order valence-corrected chi connectivity index (χ0v) is 15.7. The lowest BCUT2D eigenvalue weighted by molar-refractivity contribution is 0.286. The first kappa shape index (κ1) is 18.2. The van der Waals surface area contributed by atoms with Gasteiger partial charge in [-0.2, -0.15) is 0 Å². The third-order valence-corrected chi connectivity index (χ3v) is 4.73. The molecule has 1 atom stereocenters. The average molecular weight is 382 g/mol. The first-order valence-electron chi connectivity index (χ1n) is 8.38. The summed E-state index contributed by atoms with van der Waals surface area (Å²) in [6.07, 6.45) is 0.868. The Morgan fingerprint density at radius 1 is 1.04 bits per heavy atom. The van der Waals surface area contributed by atoms with Gasteiger partial charge < -0.3 is 19.9 Å². The maximum absolute atomic E-state index is 10.4. The van der Waals surface area contributed by atoms with Crippen molar-refractivity contribution in [2.45, 2.75) is 26.3 Å². The van der Waals surface area contributed by atoms with Gasteiger partial charge in [-0.25, -0.2) is 0 Å². The summed E-state index contributed by atoms with van der Waals surface area (Å²) < 4.78 is 11.5. The molecular weight excluding hydrogens is 361 g/mol. The van der Waals surface area contributed by atoms with Gasteiger partial charge in [-0.3, -0.25) is 0 Å². The van der Waals surface area contributed by atoms with E-state index in [-0.39, 0.29) is 16.8 Å². The van der Waals surface area contributed by atoms with Crippen molar-refractivity contribution in [1.82, 2.24) is 5.32 Å². The molecule has 0 unspecified atom stereocenters. The lowest BCUT2D eigenvalue weighted by atomic mass is 9.89. The smallest absolute Gasteiger partial charge is 0.161 e. The molecule has 0 fully saturated rings. The number of aromatic hydroxyl groups is 1. The van der Waals surface area contributed by atoms with Gasteiger partial charge in [0, 0.05) is 17.1 Å². The third kappa shape index (κ3) is 3.66. The third-order valence-electron chi connectivity index (χ3n) is 4.23. The Labute approximate surface area is 157 Å². The number of phenols is 1. The lowest BCUT2D eigenvalue weighted by Gasteiger charge is -2.29. The van der Waals surface area contributed by atoms with E-state index in [4.69, 9.17) is 32.7 Å². The van der Waals surface area contributed by atoms with E-state index in [1.54, 1.807) is 6.07 Å². The summed E-state index contributed by atoms with van der Waals surface area (Å²) in [5, 5.41) is 14.6. The quantitative estimate of drug-likeness (QED) is 0.785. The van der Waals surface area contributed by atoms with Crippen LogP contribution in [0.3, 0.4) is 0 Å². The van der Waals surface area contributed by atoms with Gasteiger partial charge >= 0.3 is 0 Å². The Morgan fingerprint density at radius 2 is 1.72 bits per heavy atom. The Hall–Kier alpha value is -1.62. The second kappa shape index (κ2) is 7.73. The minimum atomic E-state index is -0.213. The van der Waals surface area contributed by atoms with Crippen molar-refractivity contribution < 1.29 is 14.6 Å². The van der Waals surface area contributed by atoms with Crippen LogP contribution in [0.4, 0.5) is 0 Å². The van der Waals surface area contributed by atoms with Crippen LogP contribution in [0.2, 0.25) is 10.0 Å². The molecule has 134 valence electrons. The highest BCUT2D eigenvalue weighted by molar-refractivity contribution is 6.35. The van der Waals surface area contributed by atoms with E-state index in [1.807, 2.05) is 26.0 Å². The molecule has 2 aromatic carbocycles. The minimum absolute atomic E-state index is 0.0447. The van der Waals surface area contributed by atoms with Gasteiger partial charge in [0.15, 0.2) is 11.5 Å². The number of ether oxygens (including phenoxy) is 2. The minimum Gasteiger partial charge on any atom is -0.506 e. The van der Waals surface area contributed by atoms with E-state index in [0.29, 0.717) is 29.5 Å². The number of nitrogens with one attached hydrogen (secondary N) is 1. The van der Waals surface area contributed by atoms with E-state index < -0.39 is 0 Å². The standard InChI is InChI=1S/C19H21Cl2NO3/c1-3-24-16-7-11-5-6-22-18(13(11)10-17(16)25-4-2)14-8-12(20)9-15(21)19(14)23/h7-10,18,22-23H,3-6H2,1-2H3/t18-/m0/s1. The molecule has 25 heavy (non-hydrogen) atoms. The van der Waals surface area contributed by atoms with Crippen LogP contribution < -0.4 is 14.8 Å². The van der Waals surface area contributed by atoms with Crippen LogP contribution in [0.15, 0.2) is 24.3 Å². The maximum Gasteiger partial charge on any atom is 0.161 e. The van der Waals surface area contributed by atoms with E-state index in [2.05, 4.69) is 5.32 Å². The van der Waals surface area contributed by atoms with Crippen LogP contribution in [-0.4, -0.2) is 24.9 Å². The molecule has 2 N–H and O–H groups in total. The molecule has 6 heteroatoms. The Balaban J connectivity index is 2.11. The summed E-state index contributed by atoms with van der Waals surface area (Å²) >= 11 is 12.3. The molecular formula is C19H21Cl2NO3. The van der Waals surface area contributed by atoms with Gasteiger partial charge in [-0.1, -0.05) is 23.2 Å². The number of rotatable bonds is 5. The molecule has 4 nitrogen and oxygen atoms in total. The van der Waals surface area contributed by atoms with Gasteiger partial charge in [0.1, 0.15) is 5.75 Å². The molecule has 3 rings (SSSR count). The number of hydrogen-bond donors (Lipinski definition) is 2. The topological polar surface area (TPSA) is 50.7 Å².